The van der Waals surface area contributed by atoms with Gasteiger partial charge in [-0.3, -0.25) is 9.78 Å². The molecule has 1 saturated heterocycles. The molecule has 0 aliphatic carbocycles. The van der Waals surface area contributed by atoms with Gasteiger partial charge in [-0.05, 0) is 43.5 Å². The molecule has 2 heterocycles. The zero-order valence-electron chi connectivity index (χ0n) is 12.5. The van der Waals surface area contributed by atoms with E-state index in [4.69, 9.17) is 11.6 Å². The maximum absolute atomic E-state index is 12.4. The largest absolute Gasteiger partial charge is 0.370 e. The molecule has 1 aromatic heterocycles. The third kappa shape index (κ3) is 3.07. The molecular weight excluding hydrogens is 298 g/mol. The Morgan fingerprint density at radius 2 is 2.05 bits per heavy atom. The van der Waals surface area contributed by atoms with Crippen LogP contribution in [0.2, 0.25) is 5.02 Å². The van der Waals surface area contributed by atoms with Crippen LogP contribution in [0.5, 0.6) is 0 Å². The second-order valence-electron chi connectivity index (χ2n) is 5.49. The number of hydrogen-bond donors (Lipinski definition) is 1. The summed E-state index contributed by atoms with van der Waals surface area (Å²) in [6.07, 6.45) is 5.79. The molecular formula is C17H18ClN3O. The first-order valence-electron chi connectivity index (χ1n) is 7.41. The standard InChI is InChI=1S/C17H18ClN3O/c1-12-15(18)5-4-6-16(12)20-17(22)13-9-14(11-19-10-13)21-7-2-3-8-21/h4-6,9-11H,2-3,7-8H2,1H3,(H,20,22). The van der Waals surface area contributed by atoms with Gasteiger partial charge in [0.05, 0.1) is 17.4 Å². The van der Waals surface area contributed by atoms with E-state index in [2.05, 4.69) is 15.2 Å². The van der Waals surface area contributed by atoms with Crippen molar-refractivity contribution in [2.45, 2.75) is 19.8 Å². The molecule has 1 aromatic carbocycles. The average molecular weight is 316 g/mol. The number of rotatable bonds is 3. The number of nitrogens with one attached hydrogen (secondary N) is 1. The molecule has 5 heteroatoms. The minimum atomic E-state index is -0.168. The summed E-state index contributed by atoms with van der Waals surface area (Å²) >= 11 is 6.08. The predicted octanol–water partition coefficient (Wildman–Crippen LogP) is 3.90. The normalized spacial score (nSPS) is 14.2. The Hall–Kier alpha value is -2.07. The van der Waals surface area contributed by atoms with Gasteiger partial charge in [0.2, 0.25) is 0 Å². The van der Waals surface area contributed by atoms with Gasteiger partial charge in [-0.25, -0.2) is 0 Å². The van der Waals surface area contributed by atoms with E-state index in [1.165, 1.54) is 12.8 Å². The van der Waals surface area contributed by atoms with Crippen LogP contribution in [0.25, 0.3) is 0 Å². The number of benzene rings is 1. The van der Waals surface area contributed by atoms with E-state index in [1.54, 1.807) is 6.20 Å². The molecule has 1 amide bonds. The van der Waals surface area contributed by atoms with E-state index in [1.807, 2.05) is 37.4 Å². The van der Waals surface area contributed by atoms with E-state index in [0.717, 1.165) is 30.0 Å². The molecule has 2 aromatic rings. The number of anilines is 2. The molecule has 4 nitrogen and oxygen atoms in total. The molecule has 1 fully saturated rings. The SMILES string of the molecule is Cc1c(Cl)cccc1NC(=O)c1cncc(N2CCCC2)c1. The van der Waals surface area contributed by atoms with Gasteiger partial charge in [-0.2, -0.15) is 0 Å². The first-order valence-corrected chi connectivity index (χ1v) is 7.79. The zero-order valence-corrected chi connectivity index (χ0v) is 13.2. The highest BCUT2D eigenvalue weighted by molar-refractivity contribution is 6.31. The Labute approximate surface area is 135 Å². The Morgan fingerprint density at radius 3 is 2.82 bits per heavy atom. The van der Waals surface area contributed by atoms with Crippen molar-refractivity contribution in [3.05, 3.63) is 52.8 Å². The minimum absolute atomic E-state index is 0.168. The van der Waals surface area contributed by atoms with Crippen molar-refractivity contribution in [1.29, 1.82) is 0 Å². The zero-order chi connectivity index (χ0) is 15.5. The number of aromatic nitrogens is 1. The van der Waals surface area contributed by atoms with Gasteiger partial charge < -0.3 is 10.2 Å². The fraction of sp³-hybridized carbons (Fsp3) is 0.294. The summed E-state index contributed by atoms with van der Waals surface area (Å²) in [7, 11) is 0. The number of nitrogens with zero attached hydrogens (tertiary/aromatic N) is 2. The number of amides is 1. The first-order chi connectivity index (χ1) is 10.6. The van der Waals surface area contributed by atoms with Gasteiger partial charge in [0.15, 0.2) is 0 Å². The molecule has 22 heavy (non-hydrogen) atoms. The van der Waals surface area contributed by atoms with E-state index in [-0.39, 0.29) is 5.91 Å². The lowest BCUT2D eigenvalue weighted by atomic mass is 10.2. The summed E-state index contributed by atoms with van der Waals surface area (Å²) in [6, 6.07) is 7.37. The molecule has 114 valence electrons. The Balaban J connectivity index is 1.80. The lowest BCUT2D eigenvalue weighted by molar-refractivity contribution is 0.102. The molecule has 1 aliphatic heterocycles. The van der Waals surface area contributed by atoms with Crippen molar-refractivity contribution in [1.82, 2.24) is 4.98 Å². The molecule has 0 radical (unpaired) electrons. The average Bonchev–Trinajstić information content (AvgIpc) is 3.06. The quantitative estimate of drug-likeness (QED) is 0.934. The van der Waals surface area contributed by atoms with Crippen molar-refractivity contribution in [3.8, 4) is 0 Å². The molecule has 0 bridgehead atoms. The number of hydrogen-bond acceptors (Lipinski definition) is 3. The number of pyridine rings is 1. The summed E-state index contributed by atoms with van der Waals surface area (Å²) in [6.45, 7) is 3.94. The maximum atomic E-state index is 12.4. The Bertz CT molecular complexity index is 696. The van der Waals surface area contributed by atoms with Crippen molar-refractivity contribution >= 4 is 28.9 Å². The smallest absolute Gasteiger partial charge is 0.257 e. The molecule has 0 atom stereocenters. The van der Waals surface area contributed by atoms with Crippen LogP contribution >= 0.6 is 11.6 Å². The molecule has 1 aliphatic rings. The van der Waals surface area contributed by atoms with E-state index in [9.17, 15) is 4.79 Å². The molecule has 0 saturated carbocycles. The Kier molecular flexibility index (Phi) is 4.29. The van der Waals surface area contributed by atoms with Gasteiger partial charge in [0, 0.05) is 30.0 Å². The summed E-state index contributed by atoms with van der Waals surface area (Å²) in [4.78, 5) is 18.9. The van der Waals surface area contributed by atoms with Crippen LogP contribution in [0.3, 0.4) is 0 Å². The van der Waals surface area contributed by atoms with Crippen LogP contribution in [0.15, 0.2) is 36.7 Å². The molecule has 1 N–H and O–H groups in total. The fourth-order valence-electron chi connectivity index (χ4n) is 2.64. The second-order valence-corrected chi connectivity index (χ2v) is 5.90. The summed E-state index contributed by atoms with van der Waals surface area (Å²) in [5.74, 6) is -0.168. The van der Waals surface area contributed by atoms with Crippen LogP contribution in [0, 0.1) is 6.92 Å². The second kappa shape index (κ2) is 6.36. The summed E-state index contributed by atoms with van der Waals surface area (Å²) in [5.41, 5.74) is 3.15. The maximum Gasteiger partial charge on any atom is 0.257 e. The number of carbonyl (C=O) groups excluding carboxylic acids is 1. The van der Waals surface area contributed by atoms with Crippen LogP contribution in [-0.2, 0) is 0 Å². The predicted molar refractivity (Wildman–Crippen MR) is 89.8 cm³/mol. The number of halogens is 1. The molecule has 0 unspecified atom stereocenters. The van der Waals surface area contributed by atoms with Crippen LogP contribution in [0.1, 0.15) is 28.8 Å². The summed E-state index contributed by atoms with van der Waals surface area (Å²) in [5, 5.41) is 3.54. The number of carbonyl (C=O) groups is 1. The molecule has 3 rings (SSSR count). The topological polar surface area (TPSA) is 45.2 Å². The third-order valence-electron chi connectivity index (χ3n) is 3.97. The highest BCUT2D eigenvalue weighted by atomic mass is 35.5. The highest BCUT2D eigenvalue weighted by Gasteiger charge is 2.15. The molecule has 0 spiro atoms. The van der Waals surface area contributed by atoms with Crippen molar-refractivity contribution < 1.29 is 4.79 Å². The van der Waals surface area contributed by atoms with Gasteiger partial charge in [-0.1, -0.05) is 17.7 Å². The van der Waals surface area contributed by atoms with Crippen LogP contribution < -0.4 is 10.2 Å². The minimum Gasteiger partial charge on any atom is -0.370 e. The van der Waals surface area contributed by atoms with Gasteiger partial charge in [0.25, 0.3) is 5.91 Å². The van der Waals surface area contributed by atoms with E-state index >= 15 is 0 Å². The summed E-state index contributed by atoms with van der Waals surface area (Å²) < 4.78 is 0. The van der Waals surface area contributed by atoms with Crippen LogP contribution in [-0.4, -0.2) is 24.0 Å². The van der Waals surface area contributed by atoms with Gasteiger partial charge in [-0.15, -0.1) is 0 Å². The van der Waals surface area contributed by atoms with E-state index < -0.39 is 0 Å². The lowest BCUT2D eigenvalue weighted by Crippen LogP contribution is -2.19. The van der Waals surface area contributed by atoms with E-state index in [0.29, 0.717) is 10.6 Å². The van der Waals surface area contributed by atoms with Crippen molar-refractivity contribution in [3.63, 3.8) is 0 Å². The monoisotopic (exact) mass is 315 g/mol. The highest BCUT2D eigenvalue weighted by Crippen LogP contribution is 2.24. The van der Waals surface area contributed by atoms with Gasteiger partial charge >= 0.3 is 0 Å². The van der Waals surface area contributed by atoms with Crippen LogP contribution in [0.4, 0.5) is 11.4 Å². The lowest BCUT2D eigenvalue weighted by Gasteiger charge is -2.17. The van der Waals surface area contributed by atoms with Crippen molar-refractivity contribution in [2.24, 2.45) is 0 Å². The van der Waals surface area contributed by atoms with Crippen molar-refractivity contribution in [2.75, 3.05) is 23.3 Å². The first kappa shape index (κ1) is 14.9. The van der Waals surface area contributed by atoms with Gasteiger partial charge in [0.1, 0.15) is 0 Å². The third-order valence-corrected chi connectivity index (χ3v) is 4.38. The Morgan fingerprint density at radius 1 is 1.27 bits per heavy atom. The fourth-order valence-corrected chi connectivity index (χ4v) is 2.81.